The molecule has 6 heteroatoms. The summed E-state index contributed by atoms with van der Waals surface area (Å²) in [5, 5.41) is 2.29. The highest BCUT2D eigenvalue weighted by Gasteiger charge is 2.13. The summed E-state index contributed by atoms with van der Waals surface area (Å²) in [6.45, 7) is 3.90. The summed E-state index contributed by atoms with van der Waals surface area (Å²) in [7, 11) is 0. The fraction of sp³-hybridized carbons (Fsp3) is 0.250. The number of hydrogen-bond acceptors (Lipinski definition) is 6. The number of rotatable bonds is 8. The quantitative estimate of drug-likeness (QED) is 0.299. The first-order chi connectivity index (χ1) is 12.5. The van der Waals surface area contributed by atoms with Crippen LogP contribution in [0.15, 0.2) is 53.5 Å². The van der Waals surface area contributed by atoms with E-state index in [-0.39, 0.29) is 24.3 Å². The summed E-state index contributed by atoms with van der Waals surface area (Å²) in [4.78, 5) is 27.8. The monoisotopic (exact) mass is 369 g/mol. The zero-order chi connectivity index (χ0) is 18.9. The van der Waals surface area contributed by atoms with Crippen molar-refractivity contribution in [2.45, 2.75) is 26.4 Å². The molecule has 1 unspecified atom stereocenters. The lowest BCUT2D eigenvalue weighted by atomic mass is 10.0. The SMILES string of the molecule is CCOC(=O)CC(C)Oc1ccc(C(=O)c2ccc(N=C=S)cc2)cc1. The number of benzene rings is 2. The fourth-order valence-electron chi connectivity index (χ4n) is 2.32. The number of esters is 1. The summed E-state index contributed by atoms with van der Waals surface area (Å²) in [5.74, 6) is 0.186. The van der Waals surface area contributed by atoms with Gasteiger partial charge >= 0.3 is 5.97 Å². The Labute approximate surface area is 157 Å². The average Bonchev–Trinajstić information content (AvgIpc) is 2.63. The molecule has 134 valence electrons. The summed E-state index contributed by atoms with van der Waals surface area (Å²) >= 11 is 4.55. The number of ketones is 1. The lowest BCUT2D eigenvalue weighted by molar-refractivity contribution is -0.144. The third-order valence-electron chi connectivity index (χ3n) is 3.52. The topological polar surface area (TPSA) is 65.0 Å². The molecule has 0 aromatic heterocycles. The van der Waals surface area contributed by atoms with Crippen molar-refractivity contribution < 1.29 is 19.1 Å². The van der Waals surface area contributed by atoms with Crippen LogP contribution in [-0.4, -0.2) is 29.6 Å². The first-order valence-electron chi connectivity index (χ1n) is 8.18. The molecule has 0 N–H and O–H groups in total. The van der Waals surface area contributed by atoms with Gasteiger partial charge in [-0.1, -0.05) is 0 Å². The van der Waals surface area contributed by atoms with Gasteiger partial charge in [0.25, 0.3) is 0 Å². The Balaban J connectivity index is 2.00. The van der Waals surface area contributed by atoms with Gasteiger partial charge in [-0.2, -0.15) is 4.99 Å². The van der Waals surface area contributed by atoms with Crippen LogP contribution in [0.3, 0.4) is 0 Å². The number of nitrogens with zero attached hydrogens (tertiary/aromatic N) is 1. The van der Waals surface area contributed by atoms with Crippen LogP contribution in [0.25, 0.3) is 0 Å². The van der Waals surface area contributed by atoms with Crippen molar-refractivity contribution in [2.75, 3.05) is 6.61 Å². The molecule has 0 spiro atoms. The maximum atomic E-state index is 12.5. The predicted molar refractivity (Wildman–Crippen MR) is 102 cm³/mol. The molecule has 26 heavy (non-hydrogen) atoms. The van der Waals surface area contributed by atoms with Crippen molar-refractivity contribution in [3.05, 3.63) is 59.7 Å². The van der Waals surface area contributed by atoms with Gasteiger partial charge < -0.3 is 9.47 Å². The van der Waals surface area contributed by atoms with E-state index in [1.165, 1.54) is 0 Å². The van der Waals surface area contributed by atoms with Gasteiger partial charge in [-0.3, -0.25) is 9.59 Å². The highest BCUT2D eigenvalue weighted by Crippen LogP contribution is 2.19. The summed E-state index contributed by atoms with van der Waals surface area (Å²) in [6, 6.07) is 13.6. The van der Waals surface area contributed by atoms with Crippen LogP contribution in [0, 0.1) is 0 Å². The van der Waals surface area contributed by atoms with Crippen molar-refractivity contribution in [3.8, 4) is 5.75 Å². The predicted octanol–water partition coefficient (Wildman–Crippen LogP) is 4.37. The summed E-state index contributed by atoms with van der Waals surface area (Å²) in [5.41, 5.74) is 1.75. The number of ether oxygens (including phenoxy) is 2. The Kier molecular flexibility index (Phi) is 7.21. The smallest absolute Gasteiger partial charge is 0.309 e. The van der Waals surface area contributed by atoms with Gasteiger partial charge in [0.15, 0.2) is 5.78 Å². The van der Waals surface area contributed by atoms with Crippen LogP contribution in [0.1, 0.15) is 36.2 Å². The molecular weight excluding hydrogens is 350 g/mol. The molecule has 2 rings (SSSR count). The van der Waals surface area contributed by atoms with Gasteiger partial charge in [-0.15, -0.1) is 0 Å². The first-order valence-corrected chi connectivity index (χ1v) is 8.59. The second kappa shape index (κ2) is 9.61. The minimum atomic E-state index is -0.315. The molecule has 2 aromatic carbocycles. The van der Waals surface area contributed by atoms with Crippen molar-refractivity contribution in [3.63, 3.8) is 0 Å². The standard InChI is InChI=1S/C20H19NO4S/c1-3-24-19(22)12-14(2)25-18-10-6-16(7-11-18)20(23)15-4-8-17(9-5-15)21-13-26/h4-11,14H,3,12H2,1-2H3. The molecule has 0 aliphatic carbocycles. The third kappa shape index (κ3) is 5.62. The van der Waals surface area contributed by atoms with E-state index < -0.39 is 0 Å². The van der Waals surface area contributed by atoms with Crippen LogP contribution in [-0.2, 0) is 9.53 Å². The van der Waals surface area contributed by atoms with Gasteiger partial charge in [-0.25, -0.2) is 0 Å². The molecule has 0 saturated heterocycles. The normalized spacial score (nSPS) is 11.2. The number of isothiocyanates is 1. The molecule has 2 aromatic rings. The molecular formula is C20H19NO4S. The van der Waals surface area contributed by atoms with Crippen molar-refractivity contribution >= 4 is 34.8 Å². The van der Waals surface area contributed by atoms with Crippen LogP contribution in [0.5, 0.6) is 5.75 Å². The van der Waals surface area contributed by atoms with E-state index in [2.05, 4.69) is 22.4 Å². The van der Waals surface area contributed by atoms with Crippen molar-refractivity contribution in [1.29, 1.82) is 0 Å². The largest absolute Gasteiger partial charge is 0.490 e. The molecule has 0 saturated carbocycles. The second-order valence-electron chi connectivity index (χ2n) is 5.54. The summed E-state index contributed by atoms with van der Waals surface area (Å²) in [6.07, 6.45) is -0.143. The zero-order valence-corrected chi connectivity index (χ0v) is 15.4. The number of hydrogen-bond donors (Lipinski definition) is 0. The van der Waals surface area contributed by atoms with E-state index in [0.29, 0.717) is 29.2 Å². The number of carbonyl (C=O) groups excluding carboxylic acids is 2. The van der Waals surface area contributed by atoms with Crippen LogP contribution < -0.4 is 4.74 Å². The van der Waals surface area contributed by atoms with Gasteiger partial charge in [-0.05, 0) is 74.6 Å². The lowest BCUT2D eigenvalue weighted by Gasteiger charge is -2.14. The lowest BCUT2D eigenvalue weighted by Crippen LogP contribution is -2.18. The number of aliphatic imine (C=N–C) groups is 1. The minimum absolute atomic E-state index is 0.103. The van der Waals surface area contributed by atoms with Crippen molar-refractivity contribution in [2.24, 2.45) is 4.99 Å². The molecule has 0 aliphatic rings. The van der Waals surface area contributed by atoms with Crippen LogP contribution >= 0.6 is 12.2 Å². The third-order valence-corrected chi connectivity index (χ3v) is 3.61. The van der Waals surface area contributed by atoms with Crippen LogP contribution in [0.2, 0.25) is 0 Å². The Morgan fingerprint density at radius 3 is 2.19 bits per heavy atom. The molecule has 0 heterocycles. The van der Waals surface area contributed by atoms with Gasteiger partial charge in [0.1, 0.15) is 11.9 Å². The minimum Gasteiger partial charge on any atom is -0.490 e. The second-order valence-corrected chi connectivity index (χ2v) is 5.72. The Morgan fingerprint density at radius 1 is 1.08 bits per heavy atom. The average molecular weight is 369 g/mol. The maximum absolute atomic E-state index is 12.5. The van der Waals surface area contributed by atoms with E-state index in [4.69, 9.17) is 9.47 Å². The molecule has 0 bridgehead atoms. The van der Waals surface area contributed by atoms with Gasteiger partial charge in [0, 0.05) is 11.1 Å². The molecule has 0 fully saturated rings. The number of carbonyl (C=O) groups is 2. The van der Waals surface area contributed by atoms with E-state index in [9.17, 15) is 9.59 Å². The number of thiocarbonyl (C=S) groups is 1. The Bertz CT molecular complexity index is 809. The molecule has 5 nitrogen and oxygen atoms in total. The van der Waals surface area contributed by atoms with Crippen molar-refractivity contribution in [1.82, 2.24) is 0 Å². The molecule has 0 radical (unpaired) electrons. The molecule has 1 atom stereocenters. The Hall–Kier alpha value is -2.82. The summed E-state index contributed by atoms with van der Waals surface area (Å²) < 4.78 is 10.6. The highest BCUT2D eigenvalue weighted by atomic mass is 32.1. The molecule has 0 aliphatic heterocycles. The Morgan fingerprint density at radius 2 is 1.65 bits per heavy atom. The van der Waals surface area contributed by atoms with Gasteiger partial charge in [0.2, 0.25) is 0 Å². The highest BCUT2D eigenvalue weighted by molar-refractivity contribution is 7.78. The maximum Gasteiger partial charge on any atom is 0.309 e. The molecule has 0 amide bonds. The zero-order valence-electron chi connectivity index (χ0n) is 14.6. The van der Waals surface area contributed by atoms with Crippen LogP contribution in [0.4, 0.5) is 5.69 Å². The van der Waals surface area contributed by atoms with E-state index >= 15 is 0 Å². The van der Waals surface area contributed by atoms with E-state index in [0.717, 1.165) is 0 Å². The van der Waals surface area contributed by atoms with Gasteiger partial charge in [0.05, 0.1) is 23.9 Å². The van der Waals surface area contributed by atoms with E-state index in [1.807, 2.05) is 0 Å². The first kappa shape index (κ1) is 19.5. The van der Waals surface area contributed by atoms with E-state index in [1.54, 1.807) is 62.4 Å². The fourth-order valence-corrected chi connectivity index (χ4v) is 2.43.